The quantitative estimate of drug-likeness (QED) is 0.494. The smallest absolute Gasteiger partial charge is 0.241 e. The average Bonchev–Trinajstić information content (AvgIpc) is 3.38. The highest BCUT2D eigenvalue weighted by molar-refractivity contribution is 5.53. The Bertz CT molecular complexity index is 895. The van der Waals surface area contributed by atoms with Crippen molar-refractivity contribution in [1.82, 2.24) is 15.0 Å². The molecule has 0 bridgehead atoms. The van der Waals surface area contributed by atoms with Gasteiger partial charge < -0.3 is 13.4 Å². The number of hydrogen-bond donors (Lipinski definition) is 0. The monoisotopic (exact) mass is 353 g/mol. The molecule has 0 unspecified atom stereocenters. The topological polar surface area (TPSA) is 68.4 Å². The van der Waals surface area contributed by atoms with Gasteiger partial charge in [0, 0.05) is 5.56 Å². The molecule has 0 aliphatic heterocycles. The van der Waals surface area contributed by atoms with Gasteiger partial charge >= 0.3 is 0 Å². The van der Waals surface area contributed by atoms with Crippen molar-refractivity contribution in [2.75, 3.05) is 0 Å². The van der Waals surface area contributed by atoms with E-state index in [9.17, 15) is 4.39 Å². The average molecular weight is 353 g/mol. The number of benzene rings is 1. The summed E-state index contributed by atoms with van der Waals surface area (Å²) in [4.78, 5) is 6.47. The predicted octanol–water partition coefficient (Wildman–Crippen LogP) is 4.26. The minimum Gasteiger partial charge on any atom is -0.468 e. The molecular weight excluding hydrogens is 337 g/mol. The van der Waals surface area contributed by atoms with E-state index in [1.807, 2.05) is 24.3 Å². The molecule has 132 valence electrons. The zero-order valence-corrected chi connectivity index (χ0v) is 13.8. The van der Waals surface area contributed by atoms with Crippen LogP contribution in [0.2, 0.25) is 0 Å². The summed E-state index contributed by atoms with van der Waals surface area (Å²) < 4.78 is 29.3. The maximum atomic E-state index is 13.1. The van der Waals surface area contributed by atoms with Crippen molar-refractivity contribution in [3.05, 3.63) is 84.3 Å². The zero-order valence-electron chi connectivity index (χ0n) is 13.8. The van der Waals surface area contributed by atoms with Crippen LogP contribution in [0.15, 0.2) is 74.4 Å². The Labute approximate surface area is 148 Å². The van der Waals surface area contributed by atoms with Crippen molar-refractivity contribution in [3.63, 3.8) is 0 Å². The maximum absolute atomic E-state index is 13.1. The molecule has 0 fully saturated rings. The largest absolute Gasteiger partial charge is 0.468 e. The third-order valence-electron chi connectivity index (χ3n) is 3.85. The molecule has 26 heavy (non-hydrogen) atoms. The second kappa shape index (κ2) is 7.37. The molecule has 0 aliphatic carbocycles. The first-order valence-corrected chi connectivity index (χ1v) is 8.12. The second-order valence-electron chi connectivity index (χ2n) is 5.82. The first-order valence-electron chi connectivity index (χ1n) is 8.12. The summed E-state index contributed by atoms with van der Waals surface area (Å²) in [6.45, 7) is 1.57. The van der Waals surface area contributed by atoms with E-state index in [-0.39, 0.29) is 5.82 Å². The number of nitrogens with zero attached hydrogens (tertiary/aromatic N) is 3. The normalized spacial score (nSPS) is 11.3. The zero-order chi connectivity index (χ0) is 17.8. The summed E-state index contributed by atoms with van der Waals surface area (Å²) in [5, 5.41) is 3.98. The lowest BCUT2D eigenvalue weighted by molar-refractivity contribution is 0.183. The van der Waals surface area contributed by atoms with Gasteiger partial charge in [-0.1, -0.05) is 5.16 Å². The van der Waals surface area contributed by atoms with E-state index < -0.39 is 0 Å². The summed E-state index contributed by atoms with van der Waals surface area (Å²) in [6, 6.07) is 13.5. The Morgan fingerprint density at radius 3 is 2.08 bits per heavy atom. The van der Waals surface area contributed by atoms with E-state index in [4.69, 9.17) is 13.4 Å². The van der Waals surface area contributed by atoms with Crippen molar-refractivity contribution >= 4 is 0 Å². The highest BCUT2D eigenvalue weighted by atomic mass is 19.1. The molecule has 0 N–H and O–H groups in total. The highest BCUT2D eigenvalue weighted by Gasteiger charge is 2.16. The van der Waals surface area contributed by atoms with E-state index in [0.717, 1.165) is 11.5 Å². The van der Waals surface area contributed by atoms with Crippen LogP contribution in [-0.4, -0.2) is 15.0 Å². The van der Waals surface area contributed by atoms with Gasteiger partial charge in [0.05, 0.1) is 32.2 Å². The Morgan fingerprint density at radius 1 is 0.846 bits per heavy atom. The van der Waals surface area contributed by atoms with Gasteiger partial charge in [-0.2, -0.15) is 4.98 Å². The van der Waals surface area contributed by atoms with Gasteiger partial charge in [0.1, 0.15) is 17.3 Å². The molecule has 0 atom stereocenters. The van der Waals surface area contributed by atoms with Crippen LogP contribution in [0.3, 0.4) is 0 Å². The fraction of sp³-hybridized carbons (Fsp3) is 0.158. The molecule has 3 heterocycles. The van der Waals surface area contributed by atoms with Gasteiger partial charge in [-0.25, -0.2) is 4.39 Å². The van der Waals surface area contributed by atoms with Crippen LogP contribution >= 0.6 is 0 Å². The summed E-state index contributed by atoms with van der Waals surface area (Å²) in [5.41, 5.74) is 0.699. The number of halogens is 1. The molecule has 0 aliphatic rings. The molecular formula is C19H16FN3O3. The van der Waals surface area contributed by atoms with E-state index in [1.54, 1.807) is 24.7 Å². The van der Waals surface area contributed by atoms with Crippen molar-refractivity contribution in [3.8, 4) is 11.4 Å². The molecule has 0 amide bonds. The lowest BCUT2D eigenvalue weighted by Crippen LogP contribution is -2.22. The highest BCUT2D eigenvalue weighted by Crippen LogP contribution is 2.18. The minimum atomic E-state index is -0.305. The van der Waals surface area contributed by atoms with Crippen molar-refractivity contribution in [2.24, 2.45) is 0 Å². The first-order chi connectivity index (χ1) is 12.8. The first kappa shape index (κ1) is 16.3. The predicted molar refractivity (Wildman–Crippen MR) is 90.1 cm³/mol. The van der Waals surface area contributed by atoms with E-state index in [1.165, 1.54) is 12.1 Å². The number of hydrogen-bond acceptors (Lipinski definition) is 6. The van der Waals surface area contributed by atoms with Crippen LogP contribution in [0.5, 0.6) is 0 Å². The van der Waals surface area contributed by atoms with Crippen LogP contribution in [0, 0.1) is 5.82 Å². The molecule has 6 nitrogen and oxygen atoms in total. The second-order valence-corrected chi connectivity index (χ2v) is 5.82. The SMILES string of the molecule is Fc1ccc(-c2noc(CN(Cc3ccco3)Cc3ccco3)n2)cc1. The van der Waals surface area contributed by atoms with Gasteiger partial charge in [-0.3, -0.25) is 4.90 Å². The van der Waals surface area contributed by atoms with E-state index in [2.05, 4.69) is 15.0 Å². The Hall–Kier alpha value is -3.19. The van der Waals surface area contributed by atoms with Crippen LogP contribution in [0.1, 0.15) is 17.4 Å². The number of rotatable bonds is 7. The summed E-state index contributed by atoms with van der Waals surface area (Å²) in [5.74, 6) is 2.24. The van der Waals surface area contributed by atoms with Crippen molar-refractivity contribution in [2.45, 2.75) is 19.6 Å². The summed E-state index contributed by atoms with van der Waals surface area (Å²) >= 11 is 0. The third-order valence-corrected chi connectivity index (χ3v) is 3.85. The van der Waals surface area contributed by atoms with Gasteiger partial charge in [0.2, 0.25) is 11.7 Å². The third kappa shape index (κ3) is 3.89. The van der Waals surface area contributed by atoms with E-state index >= 15 is 0 Å². The Morgan fingerprint density at radius 2 is 1.50 bits per heavy atom. The molecule has 0 radical (unpaired) electrons. The van der Waals surface area contributed by atoms with Gasteiger partial charge in [0.25, 0.3) is 0 Å². The van der Waals surface area contributed by atoms with Crippen LogP contribution in [-0.2, 0) is 19.6 Å². The maximum Gasteiger partial charge on any atom is 0.241 e. The van der Waals surface area contributed by atoms with Crippen molar-refractivity contribution in [1.29, 1.82) is 0 Å². The van der Waals surface area contributed by atoms with Crippen LogP contribution in [0.25, 0.3) is 11.4 Å². The van der Waals surface area contributed by atoms with Crippen LogP contribution < -0.4 is 0 Å². The molecule has 7 heteroatoms. The molecule has 0 saturated carbocycles. The molecule has 4 rings (SSSR count). The Kier molecular flexibility index (Phi) is 4.61. The Balaban J connectivity index is 1.50. The molecule has 0 spiro atoms. The van der Waals surface area contributed by atoms with Crippen molar-refractivity contribution < 1.29 is 17.7 Å². The molecule has 4 aromatic rings. The molecule has 0 saturated heterocycles. The lowest BCUT2D eigenvalue weighted by Gasteiger charge is -2.17. The van der Waals surface area contributed by atoms with Gasteiger partial charge in [-0.05, 0) is 48.5 Å². The fourth-order valence-electron chi connectivity index (χ4n) is 2.64. The van der Waals surface area contributed by atoms with Gasteiger partial charge in [0.15, 0.2) is 0 Å². The van der Waals surface area contributed by atoms with Crippen LogP contribution in [0.4, 0.5) is 4.39 Å². The minimum absolute atomic E-state index is 0.305. The number of furan rings is 2. The van der Waals surface area contributed by atoms with Gasteiger partial charge in [-0.15, -0.1) is 0 Å². The molecule has 3 aromatic heterocycles. The molecule has 1 aromatic carbocycles. The van der Waals surface area contributed by atoms with E-state index in [0.29, 0.717) is 36.9 Å². The fourth-order valence-corrected chi connectivity index (χ4v) is 2.64. The lowest BCUT2D eigenvalue weighted by atomic mass is 10.2. The summed E-state index contributed by atoms with van der Waals surface area (Å²) in [6.07, 6.45) is 3.28. The number of aromatic nitrogens is 2. The summed E-state index contributed by atoms with van der Waals surface area (Å²) in [7, 11) is 0. The standard InChI is InChI=1S/C19H16FN3O3/c20-15-7-5-14(6-8-15)19-21-18(26-22-19)13-23(11-16-3-1-9-24-16)12-17-4-2-10-25-17/h1-10H,11-13H2.